The third-order valence-corrected chi connectivity index (χ3v) is 3.54. The summed E-state index contributed by atoms with van der Waals surface area (Å²) in [6.45, 7) is -3.51. The molecule has 0 bridgehead atoms. The second-order valence-corrected chi connectivity index (χ2v) is 5.14. The molecule has 1 aliphatic rings. The molecule has 1 heterocycles. The lowest BCUT2D eigenvalue weighted by atomic mass is 9.86. The van der Waals surface area contributed by atoms with E-state index in [1.54, 1.807) is 4.90 Å². The van der Waals surface area contributed by atoms with Crippen LogP contribution in [0.2, 0.25) is 0 Å². The average Bonchev–Trinajstić information content (AvgIpc) is 2.31. The Morgan fingerprint density at radius 1 is 1.06 bits per heavy atom. The van der Waals surface area contributed by atoms with Crippen LogP contribution in [0.15, 0.2) is 30.3 Å². The monoisotopic (exact) mass is 256 g/mol. The highest BCUT2D eigenvalue weighted by Crippen LogP contribution is 2.23. The predicted molar refractivity (Wildman–Crippen MR) is 68.4 cm³/mol. The number of halogens is 3. The van der Waals surface area contributed by atoms with Gasteiger partial charge in [0.2, 0.25) is 0 Å². The Morgan fingerprint density at radius 2 is 1.67 bits per heavy atom. The minimum atomic E-state index is -4.67. The molecular weight excluding hydrogens is 238 g/mol. The Bertz CT molecular complexity index is 358. The summed E-state index contributed by atoms with van der Waals surface area (Å²) in [6.07, 6.45) is 2.05. The fraction of sp³-hybridized carbons (Fsp3) is 0.538. The van der Waals surface area contributed by atoms with Crippen LogP contribution < -0.4 is 0 Å². The van der Waals surface area contributed by atoms with Gasteiger partial charge in [-0.1, -0.05) is 30.3 Å². The van der Waals surface area contributed by atoms with Gasteiger partial charge in [0.1, 0.15) is 0 Å². The molecule has 1 fully saturated rings. The van der Waals surface area contributed by atoms with Gasteiger partial charge in [0.25, 0.3) is 0 Å². The summed E-state index contributed by atoms with van der Waals surface area (Å²) in [5, 5.41) is 0. The van der Waals surface area contributed by atoms with Gasteiger partial charge in [0, 0.05) is 0 Å². The van der Waals surface area contributed by atoms with Gasteiger partial charge in [0.05, 0.1) is 0 Å². The van der Waals surface area contributed by atoms with Crippen molar-refractivity contribution in [1.82, 2.24) is 4.90 Å². The lowest BCUT2D eigenvalue weighted by molar-refractivity contribution is 0.192. The van der Waals surface area contributed by atoms with Crippen molar-refractivity contribution in [1.29, 1.82) is 0 Å². The third kappa shape index (κ3) is 4.37. The second kappa shape index (κ2) is 5.78. The van der Waals surface area contributed by atoms with Crippen molar-refractivity contribution in [3.8, 4) is 0 Å². The molecule has 0 unspecified atom stereocenters. The number of hydrogen-bond acceptors (Lipinski definition) is 1. The van der Waals surface area contributed by atoms with Crippen molar-refractivity contribution >= 4 is 6.98 Å². The maximum atomic E-state index is 12.3. The van der Waals surface area contributed by atoms with E-state index in [0.29, 0.717) is 19.0 Å². The minimum Gasteiger partial charge on any atom is -0.448 e. The summed E-state index contributed by atoms with van der Waals surface area (Å²) in [7, 11) is 0. The Kier molecular flexibility index (Phi) is 4.33. The van der Waals surface area contributed by atoms with Crippen molar-refractivity contribution < 1.29 is 12.9 Å². The van der Waals surface area contributed by atoms with E-state index in [-0.39, 0.29) is 0 Å². The van der Waals surface area contributed by atoms with Crippen LogP contribution in [0, 0.1) is 5.92 Å². The van der Waals surface area contributed by atoms with Crippen LogP contribution >= 0.6 is 0 Å². The summed E-state index contributed by atoms with van der Waals surface area (Å²) in [5.74, 6) is 0.532. The standard InChI is InChI=1S/C13H18BF3N/c15-14(16,17)11-18-8-6-13(7-9-18)10-12-4-2-1-3-5-12/h1-5,13H,6-11H2/q-1. The number of likely N-dealkylation sites (tertiary alicyclic amines) is 1. The van der Waals surface area contributed by atoms with Gasteiger partial charge in [-0.2, -0.15) is 0 Å². The topological polar surface area (TPSA) is 3.24 Å². The third-order valence-electron chi connectivity index (χ3n) is 3.54. The highest BCUT2D eigenvalue weighted by molar-refractivity contribution is 6.58. The highest BCUT2D eigenvalue weighted by Gasteiger charge is 2.28. The molecule has 1 saturated heterocycles. The molecule has 1 aliphatic heterocycles. The van der Waals surface area contributed by atoms with E-state index in [9.17, 15) is 12.9 Å². The molecule has 0 spiro atoms. The van der Waals surface area contributed by atoms with E-state index >= 15 is 0 Å². The average molecular weight is 256 g/mol. The lowest BCUT2D eigenvalue weighted by Gasteiger charge is -2.35. The molecule has 0 amide bonds. The quantitative estimate of drug-likeness (QED) is 0.747. The van der Waals surface area contributed by atoms with Crippen LogP contribution in [0.5, 0.6) is 0 Å². The minimum absolute atomic E-state index is 0.532. The molecule has 0 N–H and O–H groups in total. The van der Waals surface area contributed by atoms with Gasteiger partial charge in [-0.25, -0.2) is 0 Å². The Hall–Kier alpha value is -0.965. The summed E-state index contributed by atoms with van der Waals surface area (Å²) < 4.78 is 36.9. The van der Waals surface area contributed by atoms with Gasteiger partial charge < -0.3 is 17.8 Å². The molecule has 0 aromatic heterocycles. The van der Waals surface area contributed by atoms with Gasteiger partial charge in [0.15, 0.2) is 0 Å². The molecule has 5 heteroatoms. The van der Waals surface area contributed by atoms with Crippen molar-refractivity contribution in [3.05, 3.63) is 35.9 Å². The Morgan fingerprint density at radius 3 is 2.22 bits per heavy atom. The molecule has 0 radical (unpaired) electrons. The summed E-state index contributed by atoms with van der Waals surface area (Å²) in [5.41, 5.74) is 1.29. The van der Waals surface area contributed by atoms with Gasteiger partial charge in [-0.05, 0) is 50.3 Å². The lowest BCUT2D eigenvalue weighted by Crippen LogP contribution is -2.42. The molecular formula is C13H18BF3N-. The first-order valence-corrected chi connectivity index (χ1v) is 6.50. The van der Waals surface area contributed by atoms with E-state index < -0.39 is 13.4 Å². The molecule has 18 heavy (non-hydrogen) atoms. The van der Waals surface area contributed by atoms with E-state index in [4.69, 9.17) is 0 Å². The van der Waals surface area contributed by atoms with Crippen LogP contribution in [0.25, 0.3) is 0 Å². The first-order valence-electron chi connectivity index (χ1n) is 6.50. The number of benzene rings is 1. The fourth-order valence-electron chi connectivity index (χ4n) is 2.61. The maximum Gasteiger partial charge on any atom is 0.492 e. The molecule has 0 aliphatic carbocycles. The molecule has 1 aromatic rings. The van der Waals surface area contributed by atoms with Crippen LogP contribution in [-0.2, 0) is 6.42 Å². The van der Waals surface area contributed by atoms with Crippen molar-refractivity contribution in [3.63, 3.8) is 0 Å². The predicted octanol–water partition coefficient (Wildman–Crippen LogP) is 3.33. The Labute approximate surface area is 106 Å². The van der Waals surface area contributed by atoms with E-state index in [1.807, 2.05) is 18.2 Å². The zero-order chi connectivity index (χ0) is 13.0. The summed E-state index contributed by atoms with van der Waals surface area (Å²) >= 11 is 0. The molecule has 0 saturated carbocycles. The normalized spacial score (nSPS) is 19.1. The summed E-state index contributed by atoms with van der Waals surface area (Å²) in [6, 6.07) is 10.2. The summed E-state index contributed by atoms with van der Waals surface area (Å²) in [4.78, 5) is 1.54. The van der Waals surface area contributed by atoms with Crippen molar-refractivity contribution in [2.45, 2.75) is 19.3 Å². The van der Waals surface area contributed by atoms with E-state index in [0.717, 1.165) is 19.3 Å². The van der Waals surface area contributed by atoms with Crippen LogP contribution in [0.1, 0.15) is 18.4 Å². The van der Waals surface area contributed by atoms with Gasteiger partial charge in [-0.3, -0.25) is 0 Å². The number of hydrogen-bond donors (Lipinski definition) is 0. The van der Waals surface area contributed by atoms with Crippen LogP contribution in [0.3, 0.4) is 0 Å². The van der Waals surface area contributed by atoms with Crippen molar-refractivity contribution in [2.75, 3.05) is 19.5 Å². The van der Waals surface area contributed by atoms with Gasteiger partial charge >= 0.3 is 6.98 Å². The zero-order valence-corrected chi connectivity index (χ0v) is 10.4. The molecule has 1 nitrogen and oxygen atoms in total. The number of piperidine rings is 1. The van der Waals surface area contributed by atoms with Crippen LogP contribution in [-0.4, -0.2) is 31.4 Å². The second-order valence-electron chi connectivity index (χ2n) is 5.14. The smallest absolute Gasteiger partial charge is 0.448 e. The van der Waals surface area contributed by atoms with Gasteiger partial charge in [-0.15, -0.1) is 0 Å². The molecule has 100 valence electrons. The largest absolute Gasteiger partial charge is 0.492 e. The Balaban J connectivity index is 1.77. The first kappa shape index (κ1) is 13.5. The van der Waals surface area contributed by atoms with Crippen LogP contribution in [0.4, 0.5) is 12.9 Å². The zero-order valence-electron chi connectivity index (χ0n) is 10.4. The molecule has 0 atom stereocenters. The SMILES string of the molecule is F[B-](F)(F)CN1CCC(Cc2ccccc2)CC1. The van der Waals surface area contributed by atoms with E-state index in [2.05, 4.69) is 12.1 Å². The number of rotatable bonds is 4. The highest BCUT2D eigenvalue weighted by atomic mass is 19.4. The number of nitrogens with zero attached hydrogens (tertiary/aromatic N) is 1. The molecule has 2 rings (SSSR count). The van der Waals surface area contributed by atoms with Crippen molar-refractivity contribution in [2.24, 2.45) is 5.92 Å². The maximum absolute atomic E-state index is 12.3. The fourth-order valence-corrected chi connectivity index (χ4v) is 2.61. The molecule has 1 aromatic carbocycles. The first-order chi connectivity index (χ1) is 8.53. The van der Waals surface area contributed by atoms with E-state index in [1.165, 1.54) is 5.56 Å².